The fourth-order valence-electron chi connectivity index (χ4n) is 4.71. The van der Waals surface area contributed by atoms with Gasteiger partial charge in [-0.1, -0.05) is 25.0 Å². The van der Waals surface area contributed by atoms with Crippen molar-refractivity contribution in [2.45, 2.75) is 44.1 Å². The Morgan fingerprint density at radius 3 is 2.70 bits per heavy atom. The van der Waals surface area contributed by atoms with E-state index in [4.69, 9.17) is 0 Å². The number of amides is 4. The molecule has 0 aromatic carbocycles. The molecule has 2 N–H and O–H groups in total. The Morgan fingerprint density at radius 2 is 2.04 bits per heavy atom. The average Bonchev–Trinajstić information content (AvgIpc) is 3.28. The normalized spacial score (nSPS) is 33.7. The van der Waals surface area contributed by atoms with E-state index in [0.717, 1.165) is 24.2 Å². The molecular weight excluding hydrogens is 294 g/mol. The first-order valence-electron chi connectivity index (χ1n) is 8.66. The van der Waals surface area contributed by atoms with Gasteiger partial charge >= 0.3 is 6.03 Å². The first kappa shape index (κ1) is 14.7. The zero-order valence-corrected chi connectivity index (χ0v) is 13.2. The minimum absolute atomic E-state index is 0.164. The van der Waals surface area contributed by atoms with Crippen LogP contribution in [0.25, 0.3) is 0 Å². The number of carbonyl (C=O) groups is 3. The van der Waals surface area contributed by atoms with Crippen LogP contribution in [-0.4, -0.2) is 41.4 Å². The van der Waals surface area contributed by atoms with E-state index in [1.54, 1.807) is 0 Å². The molecule has 2 saturated carbocycles. The highest BCUT2D eigenvalue weighted by atomic mass is 16.2. The van der Waals surface area contributed by atoms with Crippen molar-refractivity contribution in [3.05, 3.63) is 12.2 Å². The third-order valence-corrected chi connectivity index (χ3v) is 5.98. The van der Waals surface area contributed by atoms with Gasteiger partial charge in [0.1, 0.15) is 12.1 Å². The van der Waals surface area contributed by atoms with Crippen molar-refractivity contribution >= 4 is 17.8 Å². The lowest BCUT2D eigenvalue weighted by molar-refractivity contribution is -0.134. The highest BCUT2D eigenvalue weighted by Gasteiger charge is 2.52. The number of hydrogen-bond donors (Lipinski definition) is 2. The van der Waals surface area contributed by atoms with Gasteiger partial charge in [0.15, 0.2) is 0 Å². The molecule has 0 unspecified atom stereocenters. The fourth-order valence-corrected chi connectivity index (χ4v) is 4.71. The van der Waals surface area contributed by atoms with E-state index in [0.29, 0.717) is 37.1 Å². The number of nitrogens with zero attached hydrogens (tertiary/aromatic N) is 1. The van der Waals surface area contributed by atoms with Crippen molar-refractivity contribution in [3.63, 3.8) is 0 Å². The molecule has 2 bridgehead atoms. The van der Waals surface area contributed by atoms with Gasteiger partial charge in [0.2, 0.25) is 5.91 Å². The Balaban J connectivity index is 1.31. The second-order valence-corrected chi connectivity index (χ2v) is 7.46. The number of fused-ring (bicyclic) bond motifs is 2. The number of hydrogen-bond acceptors (Lipinski definition) is 3. The zero-order chi connectivity index (χ0) is 16.0. The van der Waals surface area contributed by atoms with Crippen molar-refractivity contribution in [3.8, 4) is 0 Å². The van der Waals surface area contributed by atoms with E-state index in [2.05, 4.69) is 22.8 Å². The molecule has 1 aliphatic heterocycles. The molecular formula is C17H23N3O3. The Bertz CT molecular complexity index is 580. The smallest absolute Gasteiger partial charge is 0.325 e. The predicted molar refractivity (Wildman–Crippen MR) is 83.3 cm³/mol. The highest BCUT2D eigenvalue weighted by molar-refractivity contribution is 6.09. The van der Waals surface area contributed by atoms with Gasteiger partial charge in [0.25, 0.3) is 5.91 Å². The lowest BCUT2D eigenvalue weighted by atomic mass is 9.93. The summed E-state index contributed by atoms with van der Waals surface area (Å²) in [4.78, 5) is 37.8. The molecule has 1 saturated heterocycles. The second-order valence-electron chi connectivity index (χ2n) is 7.46. The van der Waals surface area contributed by atoms with Gasteiger partial charge in [-0.05, 0) is 43.4 Å². The van der Waals surface area contributed by atoms with Gasteiger partial charge in [-0.25, -0.2) is 4.79 Å². The van der Waals surface area contributed by atoms with Crippen molar-refractivity contribution in [2.24, 2.45) is 17.8 Å². The van der Waals surface area contributed by atoms with Gasteiger partial charge in [-0.3, -0.25) is 14.5 Å². The SMILES string of the molecule is O=C(CN1C(=O)NC2(CCCC2)C1=O)NC[C@H]1C[C@@H]2C=C[C@H]1C2. The van der Waals surface area contributed by atoms with Crippen LogP contribution in [0, 0.1) is 17.8 Å². The van der Waals surface area contributed by atoms with Gasteiger partial charge in [-0.2, -0.15) is 0 Å². The average molecular weight is 317 g/mol. The Labute approximate surface area is 135 Å². The maximum absolute atomic E-state index is 12.5. The van der Waals surface area contributed by atoms with Gasteiger partial charge in [-0.15, -0.1) is 0 Å². The Morgan fingerprint density at radius 1 is 1.26 bits per heavy atom. The molecule has 0 aromatic rings. The molecule has 4 aliphatic rings. The standard InChI is InChI=1S/C17H23N3O3/c21-14(18-9-13-8-11-3-4-12(13)7-11)10-20-15(22)17(19-16(20)23)5-1-2-6-17/h3-4,11-13H,1-2,5-10H2,(H,18,21)(H,19,23)/t11-,12+,13-/m1/s1. The molecule has 0 radical (unpaired) electrons. The van der Waals surface area contributed by atoms with Crippen LogP contribution in [0.5, 0.6) is 0 Å². The van der Waals surface area contributed by atoms with Crippen molar-refractivity contribution in [1.29, 1.82) is 0 Å². The summed E-state index contributed by atoms with van der Waals surface area (Å²) in [6.07, 6.45) is 10.1. The number of urea groups is 1. The summed E-state index contributed by atoms with van der Waals surface area (Å²) in [5.74, 6) is 1.29. The summed E-state index contributed by atoms with van der Waals surface area (Å²) < 4.78 is 0. The van der Waals surface area contributed by atoms with Crippen LogP contribution in [-0.2, 0) is 9.59 Å². The molecule has 1 spiro atoms. The van der Waals surface area contributed by atoms with Crippen LogP contribution in [0.1, 0.15) is 38.5 Å². The van der Waals surface area contributed by atoms with Gasteiger partial charge < -0.3 is 10.6 Å². The number of carbonyl (C=O) groups excluding carboxylic acids is 3. The predicted octanol–water partition coefficient (Wildman–Crippen LogP) is 1.18. The number of imide groups is 1. The summed E-state index contributed by atoms with van der Waals surface area (Å²) in [6.45, 7) is 0.474. The minimum Gasteiger partial charge on any atom is -0.354 e. The van der Waals surface area contributed by atoms with E-state index in [-0.39, 0.29) is 18.4 Å². The third-order valence-electron chi connectivity index (χ3n) is 5.98. The molecule has 4 rings (SSSR count). The van der Waals surface area contributed by atoms with Crippen LogP contribution in [0.4, 0.5) is 4.79 Å². The van der Waals surface area contributed by atoms with Crippen LogP contribution in [0.3, 0.4) is 0 Å². The van der Waals surface area contributed by atoms with Crippen molar-refractivity contribution in [1.82, 2.24) is 15.5 Å². The molecule has 3 fully saturated rings. The van der Waals surface area contributed by atoms with Crippen LogP contribution in [0.2, 0.25) is 0 Å². The van der Waals surface area contributed by atoms with E-state index in [1.807, 2.05) is 0 Å². The van der Waals surface area contributed by atoms with Crippen molar-refractivity contribution < 1.29 is 14.4 Å². The summed E-state index contributed by atoms with van der Waals surface area (Å²) in [7, 11) is 0. The Kier molecular flexibility index (Phi) is 3.43. The number of nitrogens with one attached hydrogen (secondary N) is 2. The molecule has 6 heteroatoms. The summed E-state index contributed by atoms with van der Waals surface area (Å²) >= 11 is 0. The largest absolute Gasteiger partial charge is 0.354 e. The number of rotatable bonds is 4. The lowest BCUT2D eigenvalue weighted by Gasteiger charge is -2.21. The van der Waals surface area contributed by atoms with E-state index in [9.17, 15) is 14.4 Å². The van der Waals surface area contributed by atoms with Crippen LogP contribution in [0.15, 0.2) is 12.2 Å². The maximum atomic E-state index is 12.5. The molecule has 3 aliphatic carbocycles. The Hall–Kier alpha value is -1.85. The lowest BCUT2D eigenvalue weighted by Crippen LogP contribution is -2.45. The van der Waals surface area contributed by atoms with Crippen LogP contribution < -0.4 is 10.6 Å². The summed E-state index contributed by atoms with van der Waals surface area (Å²) in [5, 5.41) is 5.71. The van der Waals surface area contributed by atoms with Crippen molar-refractivity contribution in [2.75, 3.05) is 13.1 Å². The molecule has 124 valence electrons. The second kappa shape index (κ2) is 5.35. The first-order valence-corrected chi connectivity index (χ1v) is 8.66. The quantitative estimate of drug-likeness (QED) is 0.604. The summed E-state index contributed by atoms with van der Waals surface area (Å²) in [6, 6.07) is -0.421. The van der Waals surface area contributed by atoms with Crippen LogP contribution >= 0.6 is 0 Å². The highest BCUT2D eigenvalue weighted by Crippen LogP contribution is 2.43. The maximum Gasteiger partial charge on any atom is 0.325 e. The molecule has 23 heavy (non-hydrogen) atoms. The molecule has 1 heterocycles. The minimum atomic E-state index is -0.729. The molecule has 0 aromatic heterocycles. The monoisotopic (exact) mass is 317 g/mol. The zero-order valence-electron chi connectivity index (χ0n) is 13.2. The van der Waals surface area contributed by atoms with E-state index < -0.39 is 11.6 Å². The molecule has 6 nitrogen and oxygen atoms in total. The van der Waals surface area contributed by atoms with E-state index >= 15 is 0 Å². The molecule has 3 atom stereocenters. The van der Waals surface area contributed by atoms with Gasteiger partial charge in [0.05, 0.1) is 0 Å². The first-order chi connectivity index (χ1) is 11.1. The molecule has 4 amide bonds. The van der Waals surface area contributed by atoms with Gasteiger partial charge in [0, 0.05) is 6.54 Å². The third kappa shape index (κ3) is 2.44. The summed E-state index contributed by atoms with van der Waals surface area (Å²) in [5.41, 5.74) is -0.729. The fraction of sp³-hybridized carbons (Fsp3) is 0.706. The number of allylic oxidation sites excluding steroid dienone is 2. The topological polar surface area (TPSA) is 78.5 Å². The van der Waals surface area contributed by atoms with E-state index in [1.165, 1.54) is 6.42 Å².